The van der Waals surface area contributed by atoms with Crippen molar-refractivity contribution in [2.24, 2.45) is 0 Å². The molecule has 0 N–H and O–H groups in total. The summed E-state index contributed by atoms with van der Waals surface area (Å²) in [7, 11) is 0. The summed E-state index contributed by atoms with van der Waals surface area (Å²) >= 11 is 0. The molecule has 78 valence electrons. The molecule has 0 aliphatic heterocycles. The van der Waals surface area contributed by atoms with Gasteiger partial charge in [0.25, 0.3) is 0 Å². The minimum Gasteiger partial charge on any atom is -0.206 e. The molecule has 0 saturated carbocycles. The molecule has 2 heteroatoms. The van der Waals surface area contributed by atoms with Crippen LogP contribution in [0.3, 0.4) is 0 Å². The van der Waals surface area contributed by atoms with Crippen LogP contribution in [0.25, 0.3) is 21.5 Å². The Hall–Kier alpha value is -1.96. The van der Waals surface area contributed by atoms with E-state index in [1.807, 2.05) is 6.07 Å². The number of halogens is 2. The Balaban J connectivity index is 2.61. The van der Waals surface area contributed by atoms with Crippen LogP contribution in [0.2, 0.25) is 0 Å². The van der Waals surface area contributed by atoms with Crippen molar-refractivity contribution in [3.05, 3.63) is 60.2 Å². The van der Waals surface area contributed by atoms with Crippen molar-refractivity contribution in [3.8, 4) is 0 Å². The maximum Gasteiger partial charge on any atom is 0.138 e. The maximum absolute atomic E-state index is 14.1. The lowest BCUT2D eigenvalue weighted by atomic mass is 10.0. The fourth-order valence-corrected chi connectivity index (χ4v) is 2.00. The molecule has 3 aromatic rings. The third-order valence-corrected chi connectivity index (χ3v) is 2.79. The molecular formula is C14H8F2. The summed E-state index contributed by atoms with van der Waals surface area (Å²) in [6.45, 7) is 0. The first kappa shape index (κ1) is 9.28. The van der Waals surface area contributed by atoms with Crippen LogP contribution in [0.5, 0.6) is 0 Å². The highest BCUT2D eigenvalue weighted by Gasteiger charge is 2.08. The Labute approximate surface area is 91.1 Å². The Morgan fingerprint density at radius 3 is 2.31 bits per heavy atom. The molecule has 0 amide bonds. The van der Waals surface area contributed by atoms with E-state index in [2.05, 4.69) is 0 Å². The number of hydrogen-bond acceptors (Lipinski definition) is 0. The van der Waals surface area contributed by atoms with Gasteiger partial charge in [-0.1, -0.05) is 36.4 Å². The van der Waals surface area contributed by atoms with Crippen molar-refractivity contribution in [2.45, 2.75) is 0 Å². The van der Waals surface area contributed by atoms with Crippen LogP contribution >= 0.6 is 0 Å². The van der Waals surface area contributed by atoms with E-state index in [-0.39, 0.29) is 11.6 Å². The first-order valence-electron chi connectivity index (χ1n) is 5.03. The third-order valence-electron chi connectivity index (χ3n) is 2.79. The summed E-state index contributed by atoms with van der Waals surface area (Å²) in [6.07, 6.45) is 0. The molecule has 0 fully saturated rings. The summed E-state index contributed by atoms with van der Waals surface area (Å²) in [5.74, 6) is -0.741. The molecule has 0 aliphatic carbocycles. The van der Waals surface area contributed by atoms with Crippen molar-refractivity contribution in [1.82, 2.24) is 0 Å². The Morgan fingerprint density at radius 2 is 1.44 bits per heavy atom. The van der Waals surface area contributed by atoms with Crippen LogP contribution in [-0.4, -0.2) is 0 Å². The maximum atomic E-state index is 14.1. The first-order chi connectivity index (χ1) is 7.77. The zero-order valence-corrected chi connectivity index (χ0v) is 8.37. The second-order valence-corrected chi connectivity index (χ2v) is 3.75. The zero-order valence-electron chi connectivity index (χ0n) is 8.37. The molecule has 0 nitrogen and oxygen atoms in total. The first-order valence-corrected chi connectivity index (χ1v) is 5.03. The van der Waals surface area contributed by atoms with Gasteiger partial charge in [0.05, 0.1) is 0 Å². The molecule has 0 radical (unpaired) electrons. The van der Waals surface area contributed by atoms with Crippen LogP contribution in [0.15, 0.2) is 48.5 Å². The minimum atomic E-state index is -0.387. The van der Waals surface area contributed by atoms with Crippen LogP contribution in [0.4, 0.5) is 8.78 Å². The van der Waals surface area contributed by atoms with Crippen LogP contribution < -0.4 is 0 Å². The topological polar surface area (TPSA) is 0 Å². The predicted octanol–water partition coefficient (Wildman–Crippen LogP) is 4.27. The average molecular weight is 214 g/mol. The molecular weight excluding hydrogens is 206 g/mol. The van der Waals surface area contributed by atoms with Crippen LogP contribution in [-0.2, 0) is 0 Å². The molecule has 0 spiro atoms. The SMILES string of the molecule is Fc1cccc2c(F)c3ccccc3cc12. The highest BCUT2D eigenvalue weighted by Crippen LogP contribution is 2.28. The molecule has 3 rings (SSSR count). The Morgan fingerprint density at radius 1 is 0.688 bits per heavy atom. The van der Waals surface area contributed by atoms with Crippen molar-refractivity contribution in [3.63, 3.8) is 0 Å². The molecule has 3 aromatic carbocycles. The number of benzene rings is 3. The summed E-state index contributed by atoms with van der Waals surface area (Å²) in [5, 5.41) is 1.91. The monoisotopic (exact) mass is 214 g/mol. The average Bonchev–Trinajstić information content (AvgIpc) is 2.31. The molecule has 0 atom stereocenters. The fourth-order valence-electron chi connectivity index (χ4n) is 2.00. The minimum absolute atomic E-state index is 0.332. The molecule has 0 aromatic heterocycles. The second kappa shape index (κ2) is 3.27. The number of hydrogen-bond donors (Lipinski definition) is 0. The van der Waals surface area contributed by atoms with Crippen molar-refractivity contribution in [1.29, 1.82) is 0 Å². The zero-order chi connectivity index (χ0) is 11.1. The van der Waals surface area contributed by atoms with Gasteiger partial charge in [-0.2, -0.15) is 0 Å². The van der Waals surface area contributed by atoms with Crippen molar-refractivity contribution < 1.29 is 8.78 Å². The van der Waals surface area contributed by atoms with Gasteiger partial charge >= 0.3 is 0 Å². The summed E-state index contributed by atoms with van der Waals surface area (Å²) < 4.78 is 27.6. The smallest absolute Gasteiger partial charge is 0.138 e. The van der Waals surface area contributed by atoms with E-state index in [0.717, 1.165) is 5.39 Å². The standard InChI is InChI=1S/C14H8F2/c15-13-7-3-6-11-12(13)8-9-4-1-2-5-10(9)14(11)16/h1-8H. The summed E-state index contributed by atoms with van der Waals surface area (Å²) in [5.41, 5.74) is 0. The molecule has 0 heterocycles. The van der Waals surface area contributed by atoms with Gasteiger partial charge < -0.3 is 0 Å². The highest BCUT2D eigenvalue weighted by atomic mass is 19.1. The predicted molar refractivity (Wildman–Crippen MR) is 61.4 cm³/mol. The van der Waals surface area contributed by atoms with Gasteiger partial charge in [-0.25, -0.2) is 8.78 Å². The molecule has 0 unspecified atom stereocenters. The highest BCUT2D eigenvalue weighted by molar-refractivity contribution is 5.99. The van der Waals surface area contributed by atoms with E-state index in [1.165, 1.54) is 12.1 Å². The van der Waals surface area contributed by atoms with Gasteiger partial charge in [0.15, 0.2) is 0 Å². The van der Waals surface area contributed by atoms with Gasteiger partial charge in [0.2, 0.25) is 0 Å². The largest absolute Gasteiger partial charge is 0.206 e. The van der Waals surface area contributed by atoms with Gasteiger partial charge in [0, 0.05) is 16.2 Å². The van der Waals surface area contributed by atoms with E-state index in [9.17, 15) is 8.78 Å². The van der Waals surface area contributed by atoms with E-state index in [1.54, 1.807) is 30.3 Å². The normalized spacial score (nSPS) is 11.1. The lowest BCUT2D eigenvalue weighted by Crippen LogP contribution is -1.86. The van der Waals surface area contributed by atoms with Gasteiger partial charge in [-0.05, 0) is 17.5 Å². The summed E-state index contributed by atoms with van der Waals surface area (Å²) in [4.78, 5) is 0. The Kier molecular flexibility index (Phi) is 1.90. The second-order valence-electron chi connectivity index (χ2n) is 3.75. The molecule has 0 aliphatic rings. The molecule has 0 saturated heterocycles. The quantitative estimate of drug-likeness (QED) is 0.490. The Bertz CT molecular complexity index is 687. The van der Waals surface area contributed by atoms with Crippen molar-refractivity contribution >= 4 is 21.5 Å². The van der Waals surface area contributed by atoms with Gasteiger partial charge in [-0.3, -0.25) is 0 Å². The third kappa shape index (κ3) is 1.20. The molecule has 0 bridgehead atoms. The number of rotatable bonds is 0. The van der Waals surface area contributed by atoms with Gasteiger partial charge in [-0.15, -0.1) is 0 Å². The molecule has 16 heavy (non-hydrogen) atoms. The summed E-state index contributed by atoms with van der Waals surface area (Å²) in [6, 6.07) is 13.2. The van der Waals surface area contributed by atoms with Gasteiger partial charge in [0.1, 0.15) is 11.6 Å². The van der Waals surface area contributed by atoms with E-state index >= 15 is 0 Å². The van der Waals surface area contributed by atoms with Crippen LogP contribution in [0, 0.1) is 11.6 Å². The lowest BCUT2D eigenvalue weighted by molar-refractivity contribution is 0.634. The van der Waals surface area contributed by atoms with E-state index in [0.29, 0.717) is 16.2 Å². The van der Waals surface area contributed by atoms with E-state index in [4.69, 9.17) is 0 Å². The van der Waals surface area contributed by atoms with Crippen molar-refractivity contribution in [2.75, 3.05) is 0 Å². The number of fused-ring (bicyclic) bond motifs is 2. The lowest BCUT2D eigenvalue weighted by Gasteiger charge is -2.05. The van der Waals surface area contributed by atoms with E-state index < -0.39 is 0 Å². The van der Waals surface area contributed by atoms with Crippen LogP contribution in [0.1, 0.15) is 0 Å². The fraction of sp³-hybridized carbons (Fsp3) is 0.